The maximum absolute atomic E-state index is 12.2. The number of likely N-dealkylation sites (N-methyl/N-ethyl adjacent to an activating group) is 1. The largest absolute Gasteiger partial charge is 0.335 e. The Morgan fingerprint density at radius 3 is 2.53 bits per heavy atom. The third-order valence-electron chi connectivity index (χ3n) is 2.93. The average molecular weight is 221 g/mol. The van der Waals surface area contributed by atoms with Gasteiger partial charge in [-0.15, -0.1) is 11.8 Å². The van der Waals surface area contributed by atoms with E-state index in [9.17, 15) is 4.79 Å². The second-order valence-corrected chi connectivity index (χ2v) is 5.07. The van der Waals surface area contributed by atoms with E-state index < -0.39 is 0 Å². The molecule has 0 bridgehead atoms. The lowest BCUT2D eigenvalue weighted by Crippen LogP contribution is -2.34. The van der Waals surface area contributed by atoms with Crippen LogP contribution in [-0.4, -0.2) is 23.7 Å². The molecule has 3 heteroatoms. The first kappa shape index (κ1) is 10.6. The minimum absolute atomic E-state index is 0.237. The van der Waals surface area contributed by atoms with Crippen LogP contribution < -0.4 is 0 Å². The molecule has 0 N–H and O–H groups in total. The Morgan fingerprint density at radius 1 is 1.40 bits per heavy atom. The van der Waals surface area contributed by atoms with E-state index in [2.05, 4.69) is 6.92 Å². The Labute approximate surface area is 94.7 Å². The monoisotopic (exact) mass is 221 g/mol. The minimum Gasteiger partial charge on any atom is -0.335 e. The van der Waals surface area contributed by atoms with Gasteiger partial charge < -0.3 is 4.90 Å². The minimum atomic E-state index is -0.337. The van der Waals surface area contributed by atoms with Crippen molar-refractivity contribution in [2.75, 3.05) is 12.9 Å². The number of hydrogen-bond donors (Lipinski definition) is 0. The van der Waals surface area contributed by atoms with E-state index in [4.69, 9.17) is 0 Å². The Hall–Kier alpha value is -0.960. The molecular weight excluding hydrogens is 206 g/mol. The van der Waals surface area contributed by atoms with Crippen LogP contribution in [0.15, 0.2) is 30.3 Å². The molecule has 1 aromatic carbocycles. The lowest BCUT2D eigenvalue weighted by Gasteiger charge is -2.24. The van der Waals surface area contributed by atoms with Gasteiger partial charge in [0, 0.05) is 7.05 Å². The predicted molar refractivity (Wildman–Crippen MR) is 63.6 cm³/mol. The number of benzene rings is 1. The van der Waals surface area contributed by atoms with Crippen LogP contribution in [0.4, 0.5) is 0 Å². The van der Waals surface area contributed by atoms with Gasteiger partial charge in [0.05, 0.1) is 5.88 Å². The van der Waals surface area contributed by atoms with E-state index in [1.54, 1.807) is 16.7 Å². The van der Waals surface area contributed by atoms with Gasteiger partial charge in [-0.2, -0.15) is 0 Å². The van der Waals surface area contributed by atoms with Crippen LogP contribution >= 0.6 is 11.8 Å². The number of rotatable bonds is 2. The summed E-state index contributed by atoms with van der Waals surface area (Å²) in [4.78, 5) is 14.0. The Balaban J connectivity index is 2.43. The maximum Gasteiger partial charge on any atom is 0.243 e. The summed E-state index contributed by atoms with van der Waals surface area (Å²) in [7, 11) is 1.87. The molecule has 1 fully saturated rings. The van der Waals surface area contributed by atoms with Crippen LogP contribution in [0.1, 0.15) is 18.9 Å². The third kappa shape index (κ3) is 1.55. The van der Waals surface area contributed by atoms with E-state index >= 15 is 0 Å². The van der Waals surface area contributed by atoms with Crippen LogP contribution in [0.25, 0.3) is 0 Å². The first-order chi connectivity index (χ1) is 7.20. The van der Waals surface area contributed by atoms with Crippen molar-refractivity contribution in [1.82, 2.24) is 4.90 Å². The van der Waals surface area contributed by atoms with E-state index in [1.165, 1.54) is 0 Å². The molecular formula is C12H15NOS. The van der Waals surface area contributed by atoms with Crippen molar-refractivity contribution < 1.29 is 4.79 Å². The summed E-state index contributed by atoms with van der Waals surface area (Å²) in [5.74, 6) is 1.03. The number of amides is 1. The second kappa shape index (κ2) is 3.89. The van der Waals surface area contributed by atoms with Gasteiger partial charge in [-0.25, -0.2) is 0 Å². The fraction of sp³-hybridized carbons (Fsp3) is 0.417. The van der Waals surface area contributed by atoms with Crippen LogP contribution in [0, 0.1) is 0 Å². The van der Waals surface area contributed by atoms with Crippen LogP contribution in [0.3, 0.4) is 0 Å². The molecule has 1 atom stereocenters. The zero-order valence-corrected chi connectivity index (χ0v) is 9.88. The van der Waals surface area contributed by atoms with Crippen molar-refractivity contribution in [3.8, 4) is 0 Å². The normalized spacial score (nSPS) is 26.0. The topological polar surface area (TPSA) is 20.3 Å². The van der Waals surface area contributed by atoms with E-state index in [-0.39, 0.29) is 10.7 Å². The summed E-state index contributed by atoms with van der Waals surface area (Å²) in [5.41, 5.74) is 1.13. The van der Waals surface area contributed by atoms with Crippen molar-refractivity contribution in [3.63, 3.8) is 0 Å². The average Bonchev–Trinajstić information content (AvgIpc) is 2.59. The zero-order chi connectivity index (χ0) is 10.9. The van der Waals surface area contributed by atoms with Gasteiger partial charge in [-0.05, 0) is 12.0 Å². The second-order valence-electron chi connectivity index (χ2n) is 3.82. The highest BCUT2D eigenvalue weighted by Gasteiger charge is 2.45. The summed E-state index contributed by atoms with van der Waals surface area (Å²) in [5, 5.41) is 0. The van der Waals surface area contributed by atoms with Crippen molar-refractivity contribution in [3.05, 3.63) is 35.9 Å². The van der Waals surface area contributed by atoms with Gasteiger partial charge in [0.25, 0.3) is 0 Å². The number of carbonyl (C=O) groups excluding carboxylic acids is 1. The molecule has 0 spiro atoms. The summed E-state index contributed by atoms with van der Waals surface area (Å²) in [6.07, 6.45) is 0.852. The Morgan fingerprint density at radius 2 is 2.07 bits per heavy atom. The van der Waals surface area contributed by atoms with Gasteiger partial charge in [-0.3, -0.25) is 4.79 Å². The molecule has 1 aliphatic heterocycles. The quantitative estimate of drug-likeness (QED) is 0.764. The van der Waals surface area contributed by atoms with Gasteiger partial charge >= 0.3 is 0 Å². The molecule has 1 heterocycles. The number of nitrogens with zero attached hydrogens (tertiary/aromatic N) is 1. The van der Waals surface area contributed by atoms with Crippen molar-refractivity contribution in [2.24, 2.45) is 0 Å². The lowest BCUT2D eigenvalue weighted by atomic mass is 9.94. The predicted octanol–water partition coefficient (Wildman–Crippen LogP) is 2.45. The first-order valence-corrected chi connectivity index (χ1v) is 6.14. The highest BCUT2D eigenvalue weighted by Crippen LogP contribution is 2.45. The fourth-order valence-electron chi connectivity index (χ4n) is 2.01. The molecule has 80 valence electrons. The standard InChI is InChI=1S/C12H15NOS/c1-3-12(10-7-5-4-6-8-10)11(14)13(2)9-15-12/h4-8H,3,9H2,1-2H3. The van der Waals surface area contributed by atoms with E-state index in [0.717, 1.165) is 17.9 Å². The van der Waals surface area contributed by atoms with Gasteiger partial charge in [0.1, 0.15) is 4.75 Å². The van der Waals surface area contributed by atoms with Gasteiger partial charge in [0.15, 0.2) is 0 Å². The highest BCUT2D eigenvalue weighted by molar-refractivity contribution is 8.01. The molecule has 0 aromatic heterocycles. The van der Waals surface area contributed by atoms with Crippen LogP contribution in [0.2, 0.25) is 0 Å². The molecule has 15 heavy (non-hydrogen) atoms. The molecule has 1 amide bonds. The zero-order valence-electron chi connectivity index (χ0n) is 9.06. The number of thioether (sulfide) groups is 1. The Kier molecular flexibility index (Phi) is 2.74. The van der Waals surface area contributed by atoms with Crippen molar-refractivity contribution >= 4 is 17.7 Å². The number of carbonyl (C=O) groups is 1. The third-order valence-corrected chi connectivity index (χ3v) is 4.64. The summed E-state index contributed by atoms with van der Waals surface area (Å²) >= 11 is 1.74. The summed E-state index contributed by atoms with van der Waals surface area (Å²) in [6.45, 7) is 2.08. The van der Waals surface area contributed by atoms with E-state index in [1.807, 2.05) is 37.4 Å². The first-order valence-electron chi connectivity index (χ1n) is 5.16. The van der Waals surface area contributed by atoms with Gasteiger partial charge in [0.2, 0.25) is 5.91 Å². The molecule has 1 saturated heterocycles. The summed E-state index contributed by atoms with van der Waals surface area (Å²) in [6, 6.07) is 10.1. The smallest absolute Gasteiger partial charge is 0.243 e. The Bertz CT molecular complexity index is 365. The number of hydrogen-bond acceptors (Lipinski definition) is 2. The molecule has 1 unspecified atom stereocenters. The SMILES string of the molecule is CCC1(c2ccccc2)SCN(C)C1=O. The molecule has 1 aliphatic rings. The molecule has 0 aliphatic carbocycles. The van der Waals surface area contributed by atoms with Crippen LogP contribution in [0.5, 0.6) is 0 Å². The fourth-order valence-corrected chi connectivity index (χ4v) is 3.32. The van der Waals surface area contributed by atoms with Gasteiger partial charge in [-0.1, -0.05) is 37.3 Å². The van der Waals surface area contributed by atoms with Crippen molar-refractivity contribution in [1.29, 1.82) is 0 Å². The lowest BCUT2D eigenvalue weighted by molar-refractivity contribution is -0.130. The summed E-state index contributed by atoms with van der Waals surface area (Å²) < 4.78 is -0.337. The molecule has 1 aromatic rings. The molecule has 0 saturated carbocycles. The highest BCUT2D eigenvalue weighted by atomic mass is 32.2. The van der Waals surface area contributed by atoms with Crippen LogP contribution in [-0.2, 0) is 9.54 Å². The van der Waals surface area contributed by atoms with Crippen molar-refractivity contribution in [2.45, 2.75) is 18.1 Å². The molecule has 2 rings (SSSR count). The molecule has 0 radical (unpaired) electrons. The van der Waals surface area contributed by atoms with E-state index in [0.29, 0.717) is 0 Å². The molecule has 2 nitrogen and oxygen atoms in total. The maximum atomic E-state index is 12.2.